The fraction of sp³-hybridized carbons (Fsp3) is 0.333. The molecule has 13 heteroatoms. The number of Topliss-reactive ketones (excluding diaryl/α,β-unsaturated/α-hetero) is 1. The van der Waals surface area contributed by atoms with E-state index >= 15 is 0 Å². The lowest BCUT2D eigenvalue weighted by Gasteiger charge is -2.31. The second-order valence-electron chi connectivity index (χ2n) is 9.21. The Bertz CT molecular complexity index is 1320. The first-order valence-corrected chi connectivity index (χ1v) is 13.8. The SMILES string of the molecule is O=C(CN(C(=O)c1ccc(Cl)cc1Cl)N1C(=O)[C@@H]2[C@H]3C[C@@H]([C@@H](Br)[C@H]3Br)[C@H]2C1=O)c1ccc([N+](=O)[O-])cc1. The highest BCUT2D eigenvalue weighted by molar-refractivity contribution is 9.12. The summed E-state index contributed by atoms with van der Waals surface area (Å²) >= 11 is 19.5. The third kappa shape index (κ3) is 4.29. The Hall–Kier alpha value is -2.34. The van der Waals surface area contributed by atoms with Gasteiger partial charge >= 0.3 is 0 Å². The zero-order valence-electron chi connectivity index (χ0n) is 18.7. The molecule has 9 nitrogen and oxygen atoms in total. The summed E-state index contributed by atoms with van der Waals surface area (Å²) in [5, 5.41) is 12.9. The molecule has 5 rings (SSSR count). The molecule has 3 fully saturated rings. The van der Waals surface area contributed by atoms with E-state index < -0.39 is 46.8 Å². The quantitative estimate of drug-likeness (QED) is 0.141. The highest BCUT2D eigenvalue weighted by Gasteiger charge is 2.67. The first kappa shape index (κ1) is 26.3. The van der Waals surface area contributed by atoms with Gasteiger partial charge in [-0.1, -0.05) is 55.1 Å². The first-order valence-electron chi connectivity index (χ1n) is 11.2. The molecule has 37 heavy (non-hydrogen) atoms. The Labute approximate surface area is 237 Å². The van der Waals surface area contributed by atoms with Crippen LogP contribution >= 0.6 is 55.1 Å². The number of imide groups is 1. The summed E-state index contributed by atoms with van der Waals surface area (Å²) in [6.45, 7) is -0.655. The molecule has 2 saturated carbocycles. The van der Waals surface area contributed by atoms with Gasteiger partial charge in [0, 0.05) is 32.4 Å². The minimum atomic E-state index is -0.822. The van der Waals surface area contributed by atoms with Crippen molar-refractivity contribution in [2.45, 2.75) is 16.1 Å². The maximum atomic E-state index is 13.7. The largest absolute Gasteiger partial charge is 0.292 e. The lowest BCUT2D eigenvalue weighted by Crippen LogP contribution is -2.52. The molecule has 3 aliphatic rings. The summed E-state index contributed by atoms with van der Waals surface area (Å²) < 4.78 is 0. The van der Waals surface area contributed by atoms with Crippen molar-refractivity contribution in [3.63, 3.8) is 0 Å². The zero-order valence-corrected chi connectivity index (χ0v) is 23.4. The molecule has 192 valence electrons. The van der Waals surface area contributed by atoms with E-state index in [4.69, 9.17) is 23.2 Å². The molecule has 6 atom stereocenters. The number of alkyl halides is 2. The number of ketones is 1. The third-order valence-electron chi connectivity index (χ3n) is 7.29. The molecule has 1 saturated heterocycles. The number of carbonyl (C=O) groups is 4. The van der Waals surface area contributed by atoms with Crippen molar-refractivity contribution in [1.82, 2.24) is 10.0 Å². The summed E-state index contributed by atoms with van der Waals surface area (Å²) in [7, 11) is 0. The second kappa shape index (κ2) is 9.76. The molecule has 0 spiro atoms. The monoisotopic (exact) mass is 671 g/mol. The molecule has 2 aliphatic carbocycles. The van der Waals surface area contributed by atoms with Crippen molar-refractivity contribution < 1.29 is 24.1 Å². The smallest absolute Gasteiger partial charge is 0.274 e. The van der Waals surface area contributed by atoms with Crippen LogP contribution in [0.5, 0.6) is 0 Å². The normalized spacial score (nSPS) is 27.9. The van der Waals surface area contributed by atoms with Gasteiger partial charge in [-0.2, -0.15) is 5.01 Å². The maximum absolute atomic E-state index is 13.7. The van der Waals surface area contributed by atoms with E-state index in [1.807, 2.05) is 0 Å². The summed E-state index contributed by atoms with van der Waals surface area (Å²) in [4.78, 5) is 64.5. The Balaban J connectivity index is 1.51. The number of amides is 3. The second-order valence-corrected chi connectivity index (χ2v) is 12.2. The van der Waals surface area contributed by atoms with Crippen LogP contribution in [0.2, 0.25) is 10.0 Å². The number of nitro groups is 1. The van der Waals surface area contributed by atoms with Gasteiger partial charge in [0.1, 0.15) is 6.54 Å². The summed E-state index contributed by atoms with van der Waals surface area (Å²) in [5.41, 5.74) is -0.176. The molecule has 0 N–H and O–H groups in total. The van der Waals surface area contributed by atoms with Gasteiger partial charge in [0.2, 0.25) is 0 Å². The third-order valence-corrected chi connectivity index (χ3v) is 11.0. The van der Waals surface area contributed by atoms with Gasteiger partial charge in [0.25, 0.3) is 23.4 Å². The number of rotatable bonds is 6. The van der Waals surface area contributed by atoms with Gasteiger partial charge in [0.15, 0.2) is 5.78 Å². The number of fused-ring (bicyclic) bond motifs is 5. The molecule has 0 unspecified atom stereocenters. The zero-order chi connectivity index (χ0) is 26.8. The van der Waals surface area contributed by atoms with Crippen LogP contribution in [0.1, 0.15) is 27.1 Å². The Morgan fingerprint density at radius 3 is 2.08 bits per heavy atom. The van der Waals surface area contributed by atoms with Crippen LogP contribution in [0.3, 0.4) is 0 Å². The van der Waals surface area contributed by atoms with Crippen molar-refractivity contribution in [2.24, 2.45) is 23.7 Å². The molecule has 0 aromatic heterocycles. The summed E-state index contributed by atoms with van der Waals surface area (Å²) in [6.07, 6.45) is 0.700. The molecule has 3 amide bonds. The van der Waals surface area contributed by atoms with Gasteiger partial charge in [-0.25, -0.2) is 5.01 Å². The number of hydrazine groups is 1. The fourth-order valence-corrected chi connectivity index (χ4v) is 7.97. The molecule has 1 heterocycles. The average Bonchev–Trinajstić information content (AvgIpc) is 3.47. The lowest BCUT2D eigenvalue weighted by molar-refractivity contribution is -0.384. The van der Waals surface area contributed by atoms with Crippen LogP contribution in [0.4, 0.5) is 5.69 Å². The standard InChI is InChI=1S/C24H17Br2Cl2N3O6/c25-20-14-8-15(21(20)26)19-18(14)23(34)30(24(19)35)29(22(33)13-6-3-11(27)7-16(13)28)9-17(32)10-1-4-12(5-2-10)31(36)37/h1-7,14-15,18-21H,8-9H2/t14-,15-,18-,19-,20-,21+/m1/s1. The molecule has 2 aromatic carbocycles. The van der Waals surface area contributed by atoms with Crippen LogP contribution in [0.15, 0.2) is 42.5 Å². The van der Waals surface area contributed by atoms with Crippen LogP contribution in [0.25, 0.3) is 0 Å². The summed E-state index contributed by atoms with van der Waals surface area (Å²) in [5.74, 6) is -3.93. The van der Waals surface area contributed by atoms with Crippen LogP contribution in [-0.2, 0) is 9.59 Å². The number of hydrogen-bond donors (Lipinski definition) is 0. The van der Waals surface area contributed by atoms with E-state index in [0.29, 0.717) is 6.42 Å². The van der Waals surface area contributed by atoms with Crippen LogP contribution < -0.4 is 0 Å². The highest BCUT2D eigenvalue weighted by atomic mass is 79.9. The number of benzene rings is 2. The fourth-order valence-electron chi connectivity index (χ4n) is 5.60. The van der Waals surface area contributed by atoms with E-state index in [1.165, 1.54) is 30.3 Å². The molecular formula is C24H17Br2Cl2N3O6. The predicted octanol–water partition coefficient (Wildman–Crippen LogP) is 4.92. The number of hydrogen-bond acceptors (Lipinski definition) is 6. The maximum Gasteiger partial charge on any atom is 0.274 e. The van der Waals surface area contributed by atoms with Gasteiger partial charge in [-0.3, -0.25) is 29.3 Å². The van der Waals surface area contributed by atoms with E-state index in [0.717, 1.165) is 22.2 Å². The number of nitrogens with zero attached hydrogens (tertiary/aromatic N) is 3. The molecule has 2 aromatic rings. The van der Waals surface area contributed by atoms with Crippen LogP contribution in [-0.4, -0.2) is 54.6 Å². The number of non-ortho nitro benzene ring substituents is 1. The number of halogens is 4. The van der Waals surface area contributed by atoms with Crippen molar-refractivity contribution in [1.29, 1.82) is 0 Å². The van der Waals surface area contributed by atoms with Crippen molar-refractivity contribution in [2.75, 3.05) is 6.54 Å². The van der Waals surface area contributed by atoms with E-state index in [1.54, 1.807) is 0 Å². The van der Waals surface area contributed by atoms with Gasteiger partial charge < -0.3 is 0 Å². The topological polar surface area (TPSA) is 118 Å². The highest BCUT2D eigenvalue weighted by Crippen LogP contribution is 2.60. The predicted molar refractivity (Wildman–Crippen MR) is 141 cm³/mol. The first-order chi connectivity index (χ1) is 17.5. The Morgan fingerprint density at radius 1 is 1.00 bits per heavy atom. The summed E-state index contributed by atoms with van der Waals surface area (Å²) in [6, 6.07) is 8.98. The van der Waals surface area contributed by atoms with Crippen molar-refractivity contribution in [3.05, 3.63) is 73.8 Å². The van der Waals surface area contributed by atoms with E-state index in [2.05, 4.69) is 31.9 Å². The van der Waals surface area contributed by atoms with Crippen LogP contribution in [0, 0.1) is 33.8 Å². The Morgan fingerprint density at radius 2 is 1.57 bits per heavy atom. The van der Waals surface area contributed by atoms with Crippen molar-refractivity contribution in [3.8, 4) is 0 Å². The molecular weight excluding hydrogens is 657 g/mol. The van der Waals surface area contributed by atoms with E-state index in [9.17, 15) is 29.3 Å². The number of carbonyl (C=O) groups excluding carboxylic acids is 4. The minimum absolute atomic E-state index is 0.00736. The lowest BCUT2D eigenvalue weighted by atomic mass is 9.81. The Kier molecular flexibility index (Phi) is 6.93. The van der Waals surface area contributed by atoms with Gasteiger partial charge in [-0.05, 0) is 48.6 Å². The van der Waals surface area contributed by atoms with Crippen molar-refractivity contribution >= 4 is 84.3 Å². The minimum Gasteiger partial charge on any atom is -0.292 e. The molecule has 2 bridgehead atoms. The molecule has 1 aliphatic heterocycles. The van der Waals surface area contributed by atoms with Gasteiger partial charge in [-0.15, -0.1) is 0 Å². The van der Waals surface area contributed by atoms with Gasteiger partial charge in [0.05, 0.1) is 27.3 Å². The molecule has 0 radical (unpaired) electrons. The number of nitro benzene ring substituents is 1. The average molecular weight is 674 g/mol. The van der Waals surface area contributed by atoms with E-state index in [-0.39, 0.29) is 48.3 Å².